The molecular weight excluding hydrogens is 185 g/mol. The van der Waals surface area contributed by atoms with Crippen LogP contribution in [0.2, 0.25) is 0 Å². The summed E-state index contributed by atoms with van der Waals surface area (Å²) in [4.78, 5) is 14.3. The molecule has 0 aliphatic carbocycles. The van der Waals surface area contributed by atoms with Crippen LogP contribution in [0.5, 0.6) is 0 Å². The van der Waals surface area contributed by atoms with Crippen molar-refractivity contribution in [1.29, 1.82) is 0 Å². The molecule has 0 aromatic carbocycles. The summed E-state index contributed by atoms with van der Waals surface area (Å²) in [5, 5.41) is 3.54. The molecule has 2 aromatic rings. The highest BCUT2D eigenvalue weighted by Gasteiger charge is 2.00. The molecule has 0 aliphatic heterocycles. The molecule has 0 spiro atoms. The Labute approximate surface area is 79.0 Å². The van der Waals surface area contributed by atoms with Gasteiger partial charge in [0.15, 0.2) is 12.1 Å². The summed E-state index contributed by atoms with van der Waals surface area (Å²) in [6.07, 6.45) is 3.56. The molecule has 0 N–H and O–H groups in total. The van der Waals surface area contributed by atoms with Gasteiger partial charge in [-0.25, -0.2) is 9.67 Å². The van der Waals surface area contributed by atoms with Crippen molar-refractivity contribution in [1.82, 2.24) is 14.8 Å². The number of pyridine rings is 1. The maximum absolute atomic E-state index is 12.5. The van der Waals surface area contributed by atoms with E-state index in [0.717, 1.165) is 0 Å². The van der Waals surface area contributed by atoms with E-state index in [1.54, 1.807) is 12.1 Å². The lowest BCUT2D eigenvalue weighted by atomic mass is 10.3. The Morgan fingerprint density at radius 2 is 2.21 bits per heavy atom. The summed E-state index contributed by atoms with van der Waals surface area (Å²) in [6.45, 7) is 0. The predicted octanol–water partition coefficient (Wildman–Crippen LogP) is 1.22. The fraction of sp³-hybridized carbons (Fsp3) is 0. The van der Waals surface area contributed by atoms with Crippen LogP contribution in [0.3, 0.4) is 0 Å². The highest BCUT2D eigenvalue weighted by Crippen LogP contribution is 2.04. The minimum atomic E-state index is -0.564. The summed E-state index contributed by atoms with van der Waals surface area (Å²) in [7, 11) is 0. The summed E-state index contributed by atoms with van der Waals surface area (Å²) < 4.78 is 13.8. The van der Waals surface area contributed by atoms with E-state index in [0.29, 0.717) is 17.7 Å². The molecule has 4 nitrogen and oxygen atoms in total. The van der Waals surface area contributed by atoms with Crippen LogP contribution in [0, 0.1) is 5.95 Å². The van der Waals surface area contributed by atoms with E-state index >= 15 is 0 Å². The van der Waals surface area contributed by atoms with Crippen molar-refractivity contribution >= 4 is 6.29 Å². The normalized spacial score (nSPS) is 10.1. The molecule has 2 rings (SSSR count). The highest BCUT2D eigenvalue weighted by molar-refractivity contribution is 5.74. The molecule has 0 saturated carbocycles. The second-order valence-corrected chi connectivity index (χ2v) is 2.65. The van der Waals surface area contributed by atoms with E-state index in [-0.39, 0.29) is 0 Å². The third-order valence-corrected chi connectivity index (χ3v) is 1.70. The Bertz CT molecular complexity index is 449. The molecule has 0 atom stereocenters. The van der Waals surface area contributed by atoms with Gasteiger partial charge < -0.3 is 0 Å². The summed E-state index contributed by atoms with van der Waals surface area (Å²) in [5.41, 5.74) is 0.473. The topological polar surface area (TPSA) is 47.8 Å². The van der Waals surface area contributed by atoms with Gasteiger partial charge in [0.1, 0.15) is 0 Å². The first-order chi connectivity index (χ1) is 6.79. The number of rotatable bonds is 2. The number of nitrogens with zero attached hydrogens (tertiary/aromatic N) is 3. The average molecular weight is 191 g/mol. The molecule has 0 fully saturated rings. The largest absolute Gasteiger partial charge is 0.298 e. The highest BCUT2D eigenvalue weighted by atomic mass is 19.1. The summed E-state index contributed by atoms with van der Waals surface area (Å²) in [5.74, 6) is -0.0919. The monoisotopic (exact) mass is 191 g/mol. The van der Waals surface area contributed by atoms with Gasteiger partial charge in [0, 0.05) is 24.0 Å². The van der Waals surface area contributed by atoms with Gasteiger partial charge in [-0.15, -0.1) is 5.10 Å². The zero-order valence-corrected chi connectivity index (χ0v) is 7.09. The average Bonchev–Trinajstić information content (AvgIpc) is 2.65. The second kappa shape index (κ2) is 3.37. The van der Waals surface area contributed by atoms with Crippen molar-refractivity contribution in [2.75, 3.05) is 0 Å². The van der Waals surface area contributed by atoms with Gasteiger partial charge in [-0.3, -0.25) is 4.79 Å². The molecule has 0 amide bonds. The van der Waals surface area contributed by atoms with E-state index in [1.165, 1.54) is 23.1 Å². The van der Waals surface area contributed by atoms with Gasteiger partial charge in [0.2, 0.25) is 5.95 Å². The first-order valence-corrected chi connectivity index (χ1v) is 3.92. The zero-order chi connectivity index (χ0) is 9.97. The standard InChI is InChI=1S/C9H6FN3O/c10-8-3-4-13(12-8)9-2-1-7(6-14)5-11-9/h1-6H. The SMILES string of the molecule is O=Cc1ccc(-n2ccc(F)n2)nc1. The number of carbonyl (C=O) groups is 1. The lowest BCUT2D eigenvalue weighted by molar-refractivity contribution is 0.112. The van der Waals surface area contributed by atoms with Crippen molar-refractivity contribution < 1.29 is 9.18 Å². The van der Waals surface area contributed by atoms with Crippen molar-refractivity contribution in [3.05, 3.63) is 42.1 Å². The van der Waals surface area contributed by atoms with E-state index in [4.69, 9.17) is 0 Å². The van der Waals surface area contributed by atoms with Crippen molar-refractivity contribution in [2.24, 2.45) is 0 Å². The second-order valence-electron chi connectivity index (χ2n) is 2.65. The molecule has 0 aliphatic rings. The molecule has 0 unspecified atom stereocenters. The minimum absolute atomic E-state index is 0.472. The molecule has 2 heterocycles. The van der Waals surface area contributed by atoms with E-state index in [1.807, 2.05) is 0 Å². The smallest absolute Gasteiger partial charge is 0.233 e. The third-order valence-electron chi connectivity index (χ3n) is 1.70. The van der Waals surface area contributed by atoms with Crippen LogP contribution in [0.15, 0.2) is 30.6 Å². The summed E-state index contributed by atoms with van der Waals surface area (Å²) >= 11 is 0. The van der Waals surface area contributed by atoms with E-state index < -0.39 is 5.95 Å². The van der Waals surface area contributed by atoms with Gasteiger partial charge in [0.25, 0.3) is 0 Å². The quantitative estimate of drug-likeness (QED) is 0.670. The molecule has 0 radical (unpaired) electrons. The Morgan fingerprint density at radius 3 is 2.71 bits per heavy atom. The van der Waals surface area contributed by atoms with E-state index in [9.17, 15) is 9.18 Å². The van der Waals surface area contributed by atoms with Gasteiger partial charge in [-0.2, -0.15) is 4.39 Å². The maximum Gasteiger partial charge on any atom is 0.233 e. The van der Waals surface area contributed by atoms with Crippen LogP contribution < -0.4 is 0 Å². The third kappa shape index (κ3) is 1.52. The Morgan fingerprint density at radius 1 is 1.36 bits per heavy atom. The van der Waals surface area contributed by atoms with E-state index in [2.05, 4.69) is 10.1 Å². The molecule has 2 aromatic heterocycles. The molecular formula is C9H6FN3O. The van der Waals surface area contributed by atoms with Crippen LogP contribution in [0.4, 0.5) is 4.39 Å². The van der Waals surface area contributed by atoms with Crippen LogP contribution in [0.25, 0.3) is 5.82 Å². The van der Waals surface area contributed by atoms with Crippen LogP contribution >= 0.6 is 0 Å². The number of hydrogen-bond donors (Lipinski definition) is 0. The molecule has 70 valence electrons. The lowest BCUT2D eigenvalue weighted by Crippen LogP contribution is -1.98. The van der Waals surface area contributed by atoms with Gasteiger partial charge in [0.05, 0.1) is 0 Å². The van der Waals surface area contributed by atoms with Crippen LogP contribution in [-0.4, -0.2) is 21.1 Å². The molecule has 14 heavy (non-hydrogen) atoms. The first-order valence-electron chi connectivity index (χ1n) is 3.92. The molecule has 5 heteroatoms. The van der Waals surface area contributed by atoms with Crippen molar-refractivity contribution in [3.63, 3.8) is 0 Å². The maximum atomic E-state index is 12.5. The van der Waals surface area contributed by atoms with Gasteiger partial charge in [-0.05, 0) is 12.1 Å². The Balaban J connectivity index is 2.38. The fourth-order valence-electron chi connectivity index (χ4n) is 1.03. The van der Waals surface area contributed by atoms with Crippen LogP contribution in [-0.2, 0) is 0 Å². The fourth-order valence-corrected chi connectivity index (χ4v) is 1.03. The number of aromatic nitrogens is 3. The van der Waals surface area contributed by atoms with Crippen molar-refractivity contribution in [3.8, 4) is 5.82 Å². The van der Waals surface area contributed by atoms with Gasteiger partial charge >= 0.3 is 0 Å². The number of halogens is 1. The number of carbonyl (C=O) groups excluding carboxylic acids is 1. The number of aldehydes is 1. The first kappa shape index (κ1) is 8.55. The van der Waals surface area contributed by atoms with Gasteiger partial charge in [-0.1, -0.05) is 0 Å². The Hall–Kier alpha value is -2.04. The lowest BCUT2D eigenvalue weighted by Gasteiger charge is -1.98. The summed E-state index contributed by atoms with van der Waals surface area (Å²) in [6, 6.07) is 4.42. The number of hydrogen-bond acceptors (Lipinski definition) is 3. The minimum Gasteiger partial charge on any atom is -0.298 e. The molecule has 0 saturated heterocycles. The van der Waals surface area contributed by atoms with Crippen LogP contribution in [0.1, 0.15) is 10.4 Å². The predicted molar refractivity (Wildman–Crippen MR) is 46.7 cm³/mol. The molecule has 0 bridgehead atoms. The zero-order valence-electron chi connectivity index (χ0n) is 7.09. The Kier molecular flexibility index (Phi) is 2.06. The van der Waals surface area contributed by atoms with Crippen molar-refractivity contribution in [2.45, 2.75) is 0 Å².